The number of nitrogens with zero attached hydrogens (tertiary/aromatic N) is 3. The molecule has 17 heteroatoms. The number of benzene rings is 3. The topological polar surface area (TPSA) is 224 Å². The number of rotatable bonds is 17. The number of aliphatic carboxylic acids is 4. The fraction of sp³-hybridized carbons (Fsp3) is 0.311. The van der Waals surface area contributed by atoms with Crippen LogP contribution >= 0.6 is 0 Å². The van der Waals surface area contributed by atoms with Crippen molar-refractivity contribution in [1.82, 2.24) is 14.8 Å². The van der Waals surface area contributed by atoms with Crippen molar-refractivity contribution in [2.75, 3.05) is 62.8 Å². The fourth-order valence-electron chi connectivity index (χ4n) is 6.54. The summed E-state index contributed by atoms with van der Waals surface area (Å²) in [4.78, 5) is 47.9. The first-order valence-electron chi connectivity index (χ1n) is 19.0. The molecule has 62 heavy (non-hydrogen) atoms. The fourth-order valence-corrected chi connectivity index (χ4v) is 6.54. The van der Waals surface area contributed by atoms with E-state index in [1.807, 2.05) is 30.5 Å². The largest absolute Gasteiger partial charge is 0.493 e. The summed E-state index contributed by atoms with van der Waals surface area (Å²) < 4.78 is 33.3. The van der Waals surface area contributed by atoms with E-state index >= 15 is 0 Å². The zero-order valence-electron chi connectivity index (χ0n) is 35.7. The Bertz CT molecular complexity index is 2080. The summed E-state index contributed by atoms with van der Waals surface area (Å²) in [5.41, 5.74) is 6.44. The van der Waals surface area contributed by atoms with Gasteiger partial charge in [-0.1, -0.05) is 18.2 Å². The first-order valence-corrected chi connectivity index (χ1v) is 19.0. The maximum Gasteiger partial charge on any atom is 0.328 e. The average Bonchev–Trinajstić information content (AvgIpc) is 3.27. The molecule has 4 N–H and O–H groups in total. The molecule has 4 aromatic rings. The number of carboxylic acid groups (broad SMARTS) is 4. The normalized spacial score (nSPS) is 12.7. The number of methoxy groups -OCH3 is 6. The van der Waals surface area contributed by atoms with E-state index in [9.17, 15) is 19.2 Å². The summed E-state index contributed by atoms with van der Waals surface area (Å²) in [6.45, 7) is 3.85. The van der Waals surface area contributed by atoms with Crippen LogP contribution in [-0.4, -0.2) is 128 Å². The summed E-state index contributed by atoms with van der Waals surface area (Å²) in [7, 11) is 12.0. The second-order valence-electron chi connectivity index (χ2n) is 13.5. The summed E-state index contributed by atoms with van der Waals surface area (Å²) in [6, 6.07) is 21.3. The monoisotopic (exact) mass is 859 g/mol. The minimum atomic E-state index is -1.26. The van der Waals surface area contributed by atoms with E-state index in [4.69, 9.17) is 48.8 Å². The number of carbonyl (C=O) groups is 4. The van der Waals surface area contributed by atoms with Gasteiger partial charge in [-0.2, -0.15) is 0 Å². The molecule has 0 amide bonds. The molecule has 1 fully saturated rings. The molecule has 0 spiro atoms. The molecule has 5 rings (SSSR count). The van der Waals surface area contributed by atoms with E-state index in [1.54, 1.807) is 42.7 Å². The van der Waals surface area contributed by atoms with Gasteiger partial charge >= 0.3 is 23.9 Å². The van der Waals surface area contributed by atoms with Crippen LogP contribution < -0.4 is 28.4 Å². The van der Waals surface area contributed by atoms with E-state index in [-0.39, 0.29) is 0 Å². The SMILES string of the molecule is COc1cc(-c2cccc(CN(C)C3CCN(Cc4ccnc(-c5cc(OC)c(OC)c(OC)c5)c4)CC3)c2)cc(OC)c1OC.O=C(O)C=CC(=O)O.O=C(O)C=CC(=O)O. The molecule has 1 aliphatic rings. The highest BCUT2D eigenvalue weighted by molar-refractivity contribution is 5.90. The predicted octanol–water partition coefficient (Wildman–Crippen LogP) is 5.99. The number of likely N-dealkylation sites (tertiary alicyclic amines) is 1. The molecule has 0 aliphatic carbocycles. The summed E-state index contributed by atoms with van der Waals surface area (Å²) in [6.07, 6.45) is 6.34. The van der Waals surface area contributed by atoms with Crippen molar-refractivity contribution < 1.29 is 68.0 Å². The molecular formula is C45H53N3O14. The Hall–Kier alpha value is -7.11. The van der Waals surface area contributed by atoms with E-state index in [1.165, 1.54) is 11.1 Å². The molecule has 0 atom stereocenters. The van der Waals surface area contributed by atoms with Gasteiger partial charge in [0.1, 0.15) is 0 Å². The summed E-state index contributed by atoms with van der Waals surface area (Å²) >= 11 is 0. The van der Waals surface area contributed by atoms with Gasteiger partial charge in [-0.3, -0.25) is 14.8 Å². The van der Waals surface area contributed by atoms with Crippen LogP contribution in [-0.2, 0) is 32.3 Å². The molecular weight excluding hydrogens is 807 g/mol. The Morgan fingerprint density at radius 1 is 0.613 bits per heavy atom. The predicted molar refractivity (Wildman–Crippen MR) is 229 cm³/mol. The Morgan fingerprint density at radius 3 is 1.48 bits per heavy atom. The van der Waals surface area contributed by atoms with Gasteiger partial charge in [0, 0.05) is 55.2 Å². The number of pyridine rings is 1. The van der Waals surface area contributed by atoms with Gasteiger partial charge in [0.25, 0.3) is 0 Å². The van der Waals surface area contributed by atoms with E-state index in [0.29, 0.717) is 64.8 Å². The molecule has 1 aromatic heterocycles. The smallest absolute Gasteiger partial charge is 0.328 e. The Kier molecular flexibility index (Phi) is 19.7. The second kappa shape index (κ2) is 24.8. The Morgan fingerprint density at radius 2 is 1.06 bits per heavy atom. The standard InChI is InChI=1S/C37H45N3O6.2C4H4O4/c1-39(23-25-9-8-10-27(17-25)28-19-32(41-2)36(45-6)33(20-28)42-3)30-12-15-40(16-13-30)24-26-11-14-38-31(18-26)29-21-34(43-4)37(46-7)35(22-29)44-5;2*5-3(6)1-2-4(7)8/h8-11,14,17-22,30H,12-13,15-16,23-24H2,1-7H3;2*1-2H,(H,5,6)(H,7,8). The van der Waals surface area contributed by atoms with Crippen LogP contribution in [0, 0.1) is 0 Å². The lowest BCUT2D eigenvalue weighted by molar-refractivity contribution is -0.134. The van der Waals surface area contributed by atoms with Gasteiger partial charge in [-0.05, 0) is 97.7 Å². The van der Waals surface area contributed by atoms with Crippen LogP contribution in [0.15, 0.2) is 91.2 Å². The van der Waals surface area contributed by atoms with Gasteiger partial charge in [-0.15, -0.1) is 0 Å². The first kappa shape index (κ1) is 49.3. The van der Waals surface area contributed by atoms with Crippen LogP contribution in [0.5, 0.6) is 34.5 Å². The molecule has 17 nitrogen and oxygen atoms in total. The van der Waals surface area contributed by atoms with Crippen LogP contribution in [0.25, 0.3) is 22.4 Å². The molecule has 0 bridgehead atoms. The third-order valence-corrected chi connectivity index (χ3v) is 9.47. The Labute approximate surface area is 360 Å². The van der Waals surface area contributed by atoms with Crippen molar-refractivity contribution in [3.63, 3.8) is 0 Å². The average molecular weight is 860 g/mol. The number of ether oxygens (including phenoxy) is 6. The maximum atomic E-state index is 9.55. The van der Waals surface area contributed by atoms with Crippen molar-refractivity contribution in [3.8, 4) is 56.9 Å². The molecule has 1 aliphatic heterocycles. The summed E-state index contributed by atoms with van der Waals surface area (Å²) in [5.74, 6) is -1.33. The van der Waals surface area contributed by atoms with Crippen molar-refractivity contribution in [2.45, 2.75) is 32.0 Å². The molecule has 332 valence electrons. The maximum absolute atomic E-state index is 9.55. The van der Waals surface area contributed by atoms with Gasteiger partial charge in [0.05, 0.1) is 48.4 Å². The van der Waals surface area contributed by atoms with Crippen molar-refractivity contribution >= 4 is 23.9 Å². The van der Waals surface area contributed by atoms with Crippen LogP contribution in [0.3, 0.4) is 0 Å². The highest BCUT2D eigenvalue weighted by atomic mass is 16.5. The minimum Gasteiger partial charge on any atom is -0.493 e. The zero-order chi connectivity index (χ0) is 45.8. The number of hydrogen-bond acceptors (Lipinski definition) is 13. The first-order chi connectivity index (χ1) is 29.7. The molecule has 0 radical (unpaired) electrons. The quantitative estimate of drug-likeness (QED) is 0.0895. The van der Waals surface area contributed by atoms with Gasteiger partial charge < -0.3 is 48.8 Å². The number of hydrogen-bond donors (Lipinski definition) is 4. The van der Waals surface area contributed by atoms with Crippen molar-refractivity contribution in [2.24, 2.45) is 0 Å². The van der Waals surface area contributed by atoms with Crippen molar-refractivity contribution in [3.05, 3.63) is 102 Å². The third kappa shape index (κ3) is 15.2. The lowest BCUT2D eigenvalue weighted by Crippen LogP contribution is -2.42. The van der Waals surface area contributed by atoms with Crippen molar-refractivity contribution in [1.29, 1.82) is 0 Å². The molecule has 0 unspecified atom stereocenters. The lowest BCUT2D eigenvalue weighted by Gasteiger charge is -2.37. The van der Waals surface area contributed by atoms with E-state index in [0.717, 1.165) is 61.4 Å². The van der Waals surface area contributed by atoms with Gasteiger partial charge in [0.2, 0.25) is 11.5 Å². The van der Waals surface area contributed by atoms with Gasteiger partial charge in [0.15, 0.2) is 23.0 Å². The highest BCUT2D eigenvalue weighted by Gasteiger charge is 2.23. The van der Waals surface area contributed by atoms with E-state index in [2.05, 4.69) is 58.2 Å². The van der Waals surface area contributed by atoms with Crippen LogP contribution in [0.4, 0.5) is 0 Å². The third-order valence-electron chi connectivity index (χ3n) is 9.47. The van der Waals surface area contributed by atoms with E-state index < -0.39 is 23.9 Å². The number of carboxylic acids is 4. The lowest BCUT2D eigenvalue weighted by atomic mass is 10.00. The minimum absolute atomic E-state index is 0.522. The summed E-state index contributed by atoms with van der Waals surface area (Å²) in [5, 5.41) is 31.2. The number of piperidine rings is 1. The number of aromatic nitrogens is 1. The molecule has 2 heterocycles. The molecule has 0 saturated carbocycles. The van der Waals surface area contributed by atoms with Crippen LogP contribution in [0.1, 0.15) is 24.0 Å². The Balaban J connectivity index is 0.000000541. The van der Waals surface area contributed by atoms with Crippen LogP contribution in [0.2, 0.25) is 0 Å². The van der Waals surface area contributed by atoms with Gasteiger partial charge in [-0.25, -0.2) is 19.2 Å². The molecule has 3 aromatic carbocycles. The zero-order valence-corrected chi connectivity index (χ0v) is 35.7. The highest BCUT2D eigenvalue weighted by Crippen LogP contribution is 2.42. The second-order valence-corrected chi connectivity index (χ2v) is 13.5. The molecule has 1 saturated heterocycles.